The zero-order valence-electron chi connectivity index (χ0n) is 15.7. The van der Waals surface area contributed by atoms with E-state index in [1.807, 2.05) is 0 Å². The van der Waals surface area contributed by atoms with Gasteiger partial charge in [0.05, 0.1) is 24.5 Å². The van der Waals surface area contributed by atoms with Gasteiger partial charge < -0.3 is 0 Å². The van der Waals surface area contributed by atoms with Crippen LogP contribution in [0.3, 0.4) is 0 Å². The zero-order chi connectivity index (χ0) is 18.0. The Morgan fingerprint density at radius 2 is 1.04 bits per heavy atom. The van der Waals surface area contributed by atoms with Crippen molar-refractivity contribution in [1.29, 1.82) is 0 Å². The number of hydrogen-bond acceptors (Lipinski definition) is 0. The van der Waals surface area contributed by atoms with Gasteiger partial charge in [0.15, 0.2) is 0 Å². The molecular weight excluding hydrogens is 376 g/mol. The Labute approximate surface area is 158 Å². The quantitative estimate of drug-likeness (QED) is 0.482. The van der Waals surface area contributed by atoms with E-state index in [-0.39, 0.29) is 0 Å². The maximum Gasteiger partial charge on any atom is 0.149 e. The average molecular weight is 405 g/mol. The van der Waals surface area contributed by atoms with Crippen LogP contribution < -0.4 is 10.4 Å². The van der Waals surface area contributed by atoms with Crippen LogP contribution >= 0.6 is 11.1 Å². The smallest absolute Gasteiger partial charge is 0.149 e. The van der Waals surface area contributed by atoms with Crippen molar-refractivity contribution in [2.75, 3.05) is 0 Å². The Morgan fingerprint density at radius 1 is 0.708 bits per heavy atom. The SMILES string of the molecule is C[Si](C)[Si](Cl)C([Si](C)(C)c1ccccc1)[Si](C)(C)c1ccccc1. The minimum absolute atomic E-state index is 0.453. The van der Waals surface area contributed by atoms with Gasteiger partial charge in [-0.15, -0.1) is 0 Å². The molecule has 0 saturated heterocycles. The van der Waals surface area contributed by atoms with E-state index in [2.05, 4.69) is 99.9 Å². The molecule has 0 aliphatic heterocycles. The lowest BCUT2D eigenvalue weighted by molar-refractivity contribution is 1.45. The molecule has 0 nitrogen and oxygen atoms in total. The molecule has 2 radical (unpaired) electrons. The fraction of sp³-hybridized carbons (Fsp3) is 0.368. The van der Waals surface area contributed by atoms with Gasteiger partial charge in [0.2, 0.25) is 0 Å². The molecular formula is C19H29ClSi4. The molecule has 0 spiro atoms. The first-order valence-electron chi connectivity index (χ1n) is 8.63. The molecule has 0 N–H and O–H groups in total. The summed E-state index contributed by atoms with van der Waals surface area (Å²) in [6.07, 6.45) is 0. The highest BCUT2D eigenvalue weighted by atomic mass is 35.6. The van der Waals surface area contributed by atoms with Gasteiger partial charge in [0, 0.05) is 0 Å². The molecule has 5 heteroatoms. The summed E-state index contributed by atoms with van der Waals surface area (Å²) in [4.78, 5) is 0.727. The van der Waals surface area contributed by atoms with Crippen LogP contribution in [0.15, 0.2) is 60.7 Å². The zero-order valence-corrected chi connectivity index (χ0v) is 20.5. The fourth-order valence-electron chi connectivity index (χ4n) is 3.89. The van der Waals surface area contributed by atoms with Gasteiger partial charge in [0.1, 0.15) is 7.62 Å². The molecule has 0 aliphatic rings. The number of halogens is 1. The molecule has 0 amide bonds. The van der Waals surface area contributed by atoms with Gasteiger partial charge in [-0.2, -0.15) is 11.1 Å². The molecule has 24 heavy (non-hydrogen) atoms. The summed E-state index contributed by atoms with van der Waals surface area (Å²) in [5.41, 5.74) is 0. The second-order valence-corrected chi connectivity index (χ2v) is 28.9. The summed E-state index contributed by atoms with van der Waals surface area (Å²) in [6, 6.07) is 22.4. The van der Waals surface area contributed by atoms with Crippen LogP contribution in [0.25, 0.3) is 0 Å². The van der Waals surface area contributed by atoms with Gasteiger partial charge >= 0.3 is 0 Å². The van der Waals surface area contributed by atoms with Crippen LogP contribution in [0.2, 0.25) is 44.1 Å². The third-order valence-corrected chi connectivity index (χ3v) is 34.2. The Kier molecular flexibility index (Phi) is 6.53. The first kappa shape index (κ1) is 19.9. The highest BCUT2D eigenvalue weighted by molar-refractivity contribution is 7.49. The number of hydrogen-bond donors (Lipinski definition) is 0. The Bertz CT molecular complexity index is 589. The van der Waals surface area contributed by atoms with E-state index in [0.29, 0.717) is 0 Å². The van der Waals surface area contributed by atoms with Crippen molar-refractivity contribution in [3.8, 4) is 0 Å². The minimum Gasteiger partial charge on any atom is -0.173 e. The van der Waals surface area contributed by atoms with Crippen molar-refractivity contribution >= 4 is 53.5 Å². The van der Waals surface area contributed by atoms with Crippen LogP contribution in [0.1, 0.15) is 0 Å². The lowest BCUT2D eigenvalue weighted by Crippen LogP contribution is -2.65. The summed E-state index contributed by atoms with van der Waals surface area (Å²) >= 11 is 7.27. The first-order valence-corrected chi connectivity index (χ1v) is 20.9. The minimum atomic E-state index is -1.65. The van der Waals surface area contributed by atoms with Crippen molar-refractivity contribution in [3.05, 3.63) is 60.7 Å². The van der Waals surface area contributed by atoms with Gasteiger partial charge in [-0.05, 0) is 4.79 Å². The summed E-state index contributed by atoms with van der Waals surface area (Å²) in [5.74, 6) is 0. The maximum atomic E-state index is 7.27. The van der Waals surface area contributed by atoms with Gasteiger partial charge in [0.25, 0.3) is 0 Å². The third-order valence-electron chi connectivity index (χ3n) is 5.21. The van der Waals surface area contributed by atoms with E-state index >= 15 is 0 Å². The van der Waals surface area contributed by atoms with E-state index in [0.717, 1.165) is 4.79 Å². The highest BCUT2D eigenvalue weighted by Crippen LogP contribution is 2.36. The van der Waals surface area contributed by atoms with Gasteiger partial charge in [-0.1, -0.05) is 110 Å². The predicted octanol–water partition coefficient (Wildman–Crippen LogP) is 4.73. The van der Waals surface area contributed by atoms with E-state index in [4.69, 9.17) is 11.1 Å². The monoisotopic (exact) mass is 404 g/mol. The van der Waals surface area contributed by atoms with E-state index < -0.39 is 32.1 Å². The van der Waals surface area contributed by atoms with Crippen LogP contribution in [0, 0.1) is 0 Å². The van der Waals surface area contributed by atoms with Crippen molar-refractivity contribution in [1.82, 2.24) is 0 Å². The van der Waals surface area contributed by atoms with Crippen molar-refractivity contribution < 1.29 is 0 Å². The maximum absolute atomic E-state index is 7.27. The Balaban J connectivity index is 2.57. The van der Waals surface area contributed by atoms with Crippen LogP contribution in [-0.4, -0.2) is 32.1 Å². The van der Waals surface area contributed by atoms with Gasteiger partial charge in [-0.25, -0.2) is 0 Å². The molecule has 0 aromatic heterocycles. The van der Waals surface area contributed by atoms with E-state index in [9.17, 15) is 0 Å². The lowest BCUT2D eigenvalue weighted by Gasteiger charge is -2.45. The molecule has 0 bridgehead atoms. The summed E-state index contributed by atoms with van der Waals surface area (Å²) in [6.45, 7) is 15.1. The number of benzene rings is 2. The Hall–Kier alpha value is -0.402. The standard InChI is InChI=1S/C19H29ClSi4/c1-21(2)22(20)19(23(3,4)17-13-9-7-10-14-17)24(5,6)18-15-11-8-12-16-18/h7-16,19H,1-6H3. The predicted molar refractivity (Wildman–Crippen MR) is 120 cm³/mol. The molecule has 128 valence electrons. The first-order chi connectivity index (χ1) is 11.2. The molecule has 0 heterocycles. The molecule has 2 rings (SSSR count). The van der Waals surface area contributed by atoms with Crippen LogP contribution in [0.4, 0.5) is 0 Å². The van der Waals surface area contributed by atoms with Crippen molar-refractivity contribution in [2.45, 2.75) is 44.1 Å². The molecule has 0 fully saturated rings. The molecule has 0 saturated carbocycles. The topological polar surface area (TPSA) is 0 Å². The van der Waals surface area contributed by atoms with Crippen molar-refractivity contribution in [2.24, 2.45) is 0 Å². The molecule has 2 aromatic rings. The van der Waals surface area contributed by atoms with Gasteiger partial charge in [-0.3, -0.25) is 0 Å². The third kappa shape index (κ3) is 4.04. The summed E-state index contributed by atoms with van der Waals surface area (Å²) < 4.78 is 0. The molecule has 0 atom stereocenters. The number of rotatable bonds is 6. The average Bonchev–Trinajstić information content (AvgIpc) is 2.56. The van der Waals surface area contributed by atoms with Crippen LogP contribution in [0.5, 0.6) is 0 Å². The largest absolute Gasteiger partial charge is 0.173 e. The van der Waals surface area contributed by atoms with Crippen molar-refractivity contribution in [3.63, 3.8) is 0 Å². The normalized spacial score (nSPS) is 13.1. The van der Waals surface area contributed by atoms with E-state index in [1.54, 1.807) is 10.4 Å². The fourth-order valence-corrected chi connectivity index (χ4v) is 39.9. The summed E-state index contributed by atoms with van der Waals surface area (Å²) in [5, 5.41) is 3.14. The molecule has 0 aliphatic carbocycles. The van der Waals surface area contributed by atoms with E-state index in [1.165, 1.54) is 0 Å². The second kappa shape index (κ2) is 7.87. The second-order valence-electron chi connectivity index (χ2n) is 7.96. The highest BCUT2D eigenvalue weighted by Gasteiger charge is 2.50. The van der Waals surface area contributed by atoms with Crippen LogP contribution in [-0.2, 0) is 0 Å². The lowest BCUT2D eigenvalue weighted by atomic mass is 10.4. The summed E-state index contributed by atoms with van der Waals surface area (Å²) in [7, 11) is -4.61. The Morgan fingerprint density at radius 3 is 1.33 bits per heavy atom. The molecule has 0 unspecified atom stereocenters. The molecule has 2 aromatic carbocycles.